The fraction of sp³-hybridized carbons (Fsp3) is 0.263. The maximum Gasteiger partial charge on any atom is 0.349 e. The lowest BCUT2D eigenvalue weighted by atomic mass is 9.86. The van der Waals surface area contributed by atoms with E-state index in [-0.39, 0.29) is 23.3 Å². The van der Waals surface area contributed by atoms with Crippen molar-refractivity contribution in [3.63, 3.8) is 0 Å². The van der Waals surface area contributed by atoms with Crippen molar-refractivity contribution in [3.05, 3.63) is 59.7 Å². The molecule has 5 heteroatoms. The Hall–Kier alpha value is -2.82. The molecule has 126 valence electrons. The van der Waals surface area contributed by atoms with Crippen LogP contribution in [0.2, 0.25) is 0 Å². The van der Waals surface area contributed by atoms with Crippen LogP contribution in [-0.2, 0) is 10.2 Å². The van der Waals surface area contributed by atoms with E-state index in [0.29, 0.717) is 5.75 Å². The van der Waals surface area contributed by atoms with E-state index in [1.54, 1.807) is 6.07 Å². The molecule has 0 amide bonds. The topological polar surface area (TPSA) is 72.8 Å². The van der Waals surface area contributed by atoms with Crippen molar-refractivity contribution >= 4 is 11.9 Å². The molecular formula is C19H20O5. The molecule has 0 fully saturated rings. The van der Waals surface area contributed by atoms with Crippen LogP contribution in [0, 0.1) is 0 Å². The van der Waals surface area contributed by atoms with E-state index >= 15 is 0 Å². The molecule has 0 saturated carbocycles. The summed E-state index contributed by atoms with van der Waals surface area (Å²) in [5.74, 6) is -0.877. The minimum atomic E-state index is -1.08. The van der Waals surface area contributed by atoms with Gasteiger partial charge >= 0.3 is 11.9 Å². The fourth-order valence-corrected chi connectivity index (χ4v) is 2.20. The lowest BCUT2D eigenvalue weighted by Gasteiger charge is -2.22. The van der Waals surface area contributed by atoms with Gasteiger partial charge in [-0.2, -0.15) is 0 Å². The molecule has 0 aliphatic rings. The van der Waals surface area contributed by atoms with Crippen LogP contribution in [0.25, 0.3) is 0 Å². The Balaban J connectivity index is 2.02. The molecule has 2 aromatic carbocycles. The van der Waals surface area contributed by atoms with Crippen LogP contribution in [0.3, 0.4) is 0 Å². The van der Waals surface area contributed by atoms with Crippen molar-refractivity contribution in [1.29, 1.82) is 0 Å². The highest BCUT2D eigenvalue weighted by Crippen LogP contribution is 2.30. The molecule has 2 rings (SSSR count). The average Bonchev–Trinajstić information content (AvgIpc) is 2.52. The summed E-state index contributed by atoms with van der Waals surface area (Å²) >= 11 is 0. The van der Waals surface area contributed by atoms with Gasteiger partial charge in [0.25, 0.3) is 0 Å². The molecule has 0 radical (unpaired) electrons. The van der Waals surface area contributed by atoms with Crippen molar-refractivity contribution in [2.75, 3.05) is 6.61 Å². The third kappa shape index (κ3) is 4.59. The minimum absolute atomic E-state index is 0.0549. The van der Waals surface area contributed by atoms with E-state index in [1.165, 1.54) is 24.3 Å². The summed E-state index contributed by atoms with van der Waals surface area (Å²) in [5, 5.41) is 8.94. The lowest BCUT2D eigenvalue weighted by Crippen LogP contribution is -2.20. The Morgan fingerprint density at radius 3 is 2.42 bits per heavy atom. The maximum atomic E-state index is 11.9. The van der Waals surface area contributed by atoms with Crippen LogP contribution in [-0.4, -0.2) is 23.7 Å². The molecule has 2 aromatic rings. The number of aromatic carboxylic acids is 1. The fourth-order valence-electron chi connectivity index (χ4n) is 2.20. The molecule has 0 aromatic heterocycles. The molecule has 0 bridgehead atoms. The smallest absolute Gasteiger partial charge is 0.349 e. The van der Waals surface area contributed by atoms with Crippen LogP contribution in [0.4, 0.5) is 0 Å². The van der Waals surface area contributed by atoms with Crippen LogP contribution in [0.1, 0.15) is 36.7 Å². The Morgan fingerprint density at radius 1 is 1.04 bits per heavy atom. The Morgan fingerprint density at radius 2 is 1.75 bits per heavy atom. The molecule has 0 atom stereocenters. The van der Waals surface area contributed by atoms with Gasteiger partial charge in [-0.05, 0) is 35.2 Å². The first-order valence-electron chi connectivity index (χ1n) is 7.54. The Kier molecular flexibility index (Phi) is 5.24. The minimum Gasteiger partial charge on any atom is -0.482 e. The van der Waals surface area contributed by atoms with Crippen molar-refractivity contribution in [2.45, 2.75) is 26.2 Å². The number of esters is 1. The zero-order valence-corrected chi connectivity index (χ0v) is 13.9. The third-order valence-electron chi connectivity index (χ3n) is 3.35. The number of rotatable bonds is 5. The molecule has 0 saturated heterocycles. The molecule has 0 aliphatic carbocycles. The first kappa shape index (κ1) is 17.5. The molecule has 0 aliphatic heterocycles. The number of para-hydroxylation sites is 1. The van der Waals surface area contributed by atoms with Crippen LogP contribution in [0.5, 0.6) is 11.5 Å². The summed E-state index contributed by atoms with van der Waals surface area (Å²) in [4.78, 5) is 22.8. The molecule has 0 spiro atoms. The van der Waals surface area contributed by atoms with E-state index in [1.807, 2.05) is 18.2 Å². The second-order valence-corrected chi connectivity index (χ2v) is 6.34. The van der Waals surface area contributed by atoms with E-state index < -0.39 is 11.9 Å². The molecule has 0 heterocycles. The van der Waals surface area contributed by atoms with Crippen LogP contribution in [0.15, 0.2) is 48.5 Å². The average molecular weight is 328 g/mol. The highest BCUT2D eigenvalue weighted by Gasteiger charge is 2.19. The second kappa shape index (κ2) is 7.17. The first-order valence-corrected chi connectivity index (χ1v) is 7.54. The summed E-state index contributed by atoms with van der Waals surface area (Å²) in [6, 6.07) is 13.3. The van der Waals surface area contributed by atoms with Gasteiger partial charge in [-0.3, -0.25) is 0 Å². The number of hydrogen-bond acceptors (Lipinski definition) is 4. The van der Waals surface area contributed by atoms with Gasteiger partial charge in [0.1, 0.15) is 11.5 Å². The predicted octanol–water partition coefficient (Wildman–Crippen LogP) is 3.67. The molecular weight excluding hydrogens is 308 g/mol. The summed E-state index contributed by atoms with van der Waals surface area (Å²) in [7, 11) is 0. The SMILES string of the molecule is CC(C)(C)c1ccccc1OCC(=O)Oc1cccc(C(=O)O)c1. The van der Waals surface area contributed by atoms with Gasteiger partial charge in [0, 0.05) is 0 Å². The summed E-state index contributed by atoms with van der Waals surface area (Å²) in [5.41, 5.74) is 0.932. The summed E-state index contributed by atoms with van der Waals surface area (Å²) < 4.78 is 10.7. The molecule has 0 unspecified atom stereocenters. The van der Waals surface area contributed by atoms with Gasteiger partial charge < -0.3 is 14.6 Å². The van der Waals surface area contributed by atoms with Crippen LogP contribution < -0.4 is 9.47 Å². The Labute approximate surface area is 140 Å². The van der Waals surface area contributed by atoms with Gasteiger partial charge in [0.2, 0.25) is 0 Å². The quantitative estimate of drug-likeness (QED) is 0.670. The van der Waals surface area contributed by atoms with Crippen molar-refractivity contribution in [3.8, 4) is 11.5 Å². The highest BCUT2D eigenvalue weighted by molar-refractivity contribution is 5.88. The molecule has 1 N–H and O–H groups in total. The van der Waals surface area contributed by atoms with E-state index in [9.17, 15) is 9.59 Å². The number of ether oxygens (including phenoxy) is 2. The maximum absolute atomic E-state index is 11.9. The Bertz CT molecular complexity index is 743. The summed E-state index contributed by atoms with van der Waals surface area (Å²) in [6.45, 7) is 5.92. The zero-order valence-electron chi connectivity index (χ0n) is 13.9. The first-order chi connectivity index (χ1) is 11.3. The van der Waals surface area contributed by atoms with E-state index in [4.69, 9.17) is 14.6 Å². The van der Waals surface area contributed by atoms with Crippen molar-refractivity contribution in [2.24, 2.45) is 0 Å². The number of carboxylic acid groups (broad SMARTS) is 1. The normalized spacial score (nSPS) is 11.0. The van der Waals surface area contributed by atoms with Crippen molar-refractivity contribution in [1.82, 2.24) is 0 Å². The monoisotopic (exact) mass is 328 g/mol. The third-order valence-corrected chi connectivity index (χ3v) is 3.35. The van der Waals surface area contributed by atoms with Gasteiger partial charge in [0.05, 0.1) is 5.56 Å². The standard InChI is InChI=1S/C19H20O5/c1-19(2,3)15-9-4-5-10-16(15)23-12-17(20)24-14-8-6-7-13(11-14)18(21)22/h4-11H,12H2,1-3H3,(H,21,22). The number of carbonyl (C=O) groups is 2. The van der Waals surface area contributed by atoms with Crippen LogP contribution >= 0.6 is 0 Å². The van der Waals surface area contributed by atoms with E-state index in [0.717, 1.165) is 5.56 Å². The van der Waals surface area contributed by atoms with Gasteiger partial charge in [0.15, 0.2) is 6.61 Å². The van der Waals surface area contributed by atoms with E-state index in [2.05, 4.69) is 20.8 Å². The summed E-state index contributed by atoms with van der Waals surface area (Å²) in [6.07, 6.45) is 0. The van der Waals surface area contributed by atoms with Gasteiger partial charge in [-0.1, -0.05) is 45.0 Å². The van der Waals surface area contributed by atoms with Gasteiger partial charge in [-0.25, -0.2) is 9.59 Å². The molecule has 5 nitrogen and oxygen atoms in total. The largest absolute Gasteiger partial charge is 0.482 e. The number of benzene rings is 2. The number of carbonyl (C=O) groups excluding carboxylic acids is 1. The predicted molar refractivity (Wildman–Crippen MR) is 89.7 cm³/mol. The zero-order chi connectivity index (χ0) is 17.7. The number of carboxylic acids is 1. The lowest BCUT2D eigenvalue weighted by molar-refractivity contribution is -0.136. The number of hydrogen-bond donors (Lipinski definition) is 1. The molecule has 24 heavy (non-hydrogen) atoms. The second-order valence-electron chi connectivity index (χ2n) is 6.34. The van der Waals surface area contributed by atoms with Crippen molar-refractivity contribution < 1.29 is 24.2 Å². The highest BCUT2D eigenvalue weighted by atomic mass is 16.6. The van der Waals surface area contributed by atoms with Gasteiger partial charge in [-0.15, -0.1) is 0 Å².